The Kier molecular flexibility index (Phi) is 5.13. The molecule has 0 aliphatic heterocycles. The molecule has 1 aromatic heterocycles. The molecule has 0 unspecified atom stereocenters. The quantitative estimate of drug-likeness (QED) is 0.593. The van der Waals surface area contributed by atoms with Crippen molar-refractivity contribution in [1.82, 2.24) is 5.16 Å². The number of aromatic nitrogens is 1. The van der Waals surface area contributed by atoms with Gasteiger partial charge in [0.1, 0.15) is 5.56 Å². The molecule has 0 atom stereocenters. The molecule has 116 valence electrons. The molecule has 0 N–H and O–H groups in total. The van der Waals surface area contributed by atoms with Crippen LogP contribution in [0.15, 0.2) is 33.3 Å². The average Bonchev–Trinajstić information content (AvgIpc) is 2.87. The lowest BCUT2D eigenvalue weighted by Crippen LogP contribution is -2.15. The van der Waals surface area contributed by atoms with Crippen molar-refractivity contribution < 1.29 is 18.8 Å². The first-order chi connectivity index (χ1) is 10.4. The molecule has 0 bridgehead atoms. The number of ketones is 1. The Hall–Kier alpha value is -1.95. The summed E-state index contributed by atoms with van der Waals surface area (Å²) in [6, 6.07) is 6.86. The van der Waals surface area contributed by atoms with Crippen LogP contribution in [0.3, 0.4) is 0 Å². The van der Waals surface area contributed by atoms with Crippen molar-refractivity contribution in [2.45, 2.75) is 26.7 Å². The number of ether oxygens (including phenoxy) is 1. The summed E-state index contributed by atoms with van der Waals surface area (Å²) in [5.41, 5.74) is 1.26. The van der Waals surface area contributed by atoms with Crippen LogP contribution in [0.2, 0.25) is 0 Å². The van der Waals surface area contributed by atoms with Crippen molar-refractivity contribution in [3.05, 3.63) is 51.3 Å². The molecule has 0 aliphatic carbocycles. The van der Waals surface area contributed by atoms with Gasteiger partial charge in [-0.2, -0.15) is 0 Å². The summed E-state index contributed by atoms with van der Waals surface area (Å²) in [6.07, 6.45) is 0. The number of benzene rings is 1. The zero-order chi connectivity index (χ0) is 16.3. The van der Waals surface area contributed by atoms with Crippen molar-refractivity contribution >= 4 is 27.7 Å². The Bertz CT molecular complexity index is 689. The minimum Gasteiger partial charge on any atom is -0.454 e. The molecule has 6 heteroatoms. The first kappa shape index (κ1) is 16.4. The molecule has 0 saturated carbocycles. The third-order valence-electron chi connectivity index (χ3n) is 3.12. The van der Waals surface area contributed by atoms with Crippen LogP contribution in [-0.2, 0) is 4.74 Å². The fourth-order valence-corrected chi connectivity index (χ4v) is 2.22. The van der Waals surface area contributed by atoms with Crippen LogP contribution in [0.4, 0.5) is 0 Å². The summed E-state index contributed by atoms with van der Waals surface area (Å²) in [4.78, 5) is 24.2. The molecule has 2 rings (SSSR count). The molecule has 22 heavy (non-hydrogen) atoms. The van der Waals surface area contributed by atoms with Gasteiger partial charge in [-0.15, -0.1) is 0 Å². The van der Waals surface area contributed by atoms with Gasteiger partial charge in [-0.1, -0.05) is 47.1 Å². The van der Waals surface area contributed by atoms with Gasteiger partial charge in [0, 0.05) is 16.0 Å². The highest BCUT2D eigenvalue weighted by Gasteiger charge is 2.24. The van der Waals surface area contributed by atoms with Crippen molar-refractivity contribution in [3.63, 3.8) is 0 Å². The average molecular weight is 366 g/mol. The van der Waals surface area contributed by atoms with Gasteiger partial charge in [0.25, 0.3) is 0 Å². The number of hydrogen-bond donors (Lipinski definition) is 0. The molecule has 1 aromatic carbocycles. The van der Waals surface area contributed by atoms with Crippen LogP contribution in [0, 0.1) is 6.92 Å². The topological polar surface area (TPSA) is 69.4 Å². The highest BCUT2D eigenvalue weighted by atomic mass is 79.9. The lowest BCUT2D eigenvalue weighted by molar-refractivity contribution is 0.0471. The van der Waals surface area contributed by atoms with Crippen LogP contribution in [0.5, 0.6) is 0 Å². The largest absolute Gasteiger partial charge is 0.454 e. The van der Waals surface area contributed by atoms with E-state index >= 15 is 0 Å². The van der Waals surface area contributed by atoms with Crippen LogP contribution in [0.25, 0.3) is 0 Å². The summed E-state index contributed by atoms with van der Waals surface area (Å²) in [7, 11) is 0. The molecule has 0 amide bonds. The Morgan fingerprint density at radius 3 is 2.50 bits per heavy atom. The number of halogens is 1. The third-order valence-corrected chi connectivity index (χ3v) is 3.65. The van der Waals surface area contributed by atoms with Gasteiger partial charge in [0.2, 0.25) is 0 Å². The van der Waals surface area contributed by atoms with E-state index in [1.165, 1.54) is 0 Å². The van der Waals surface area contributed by atoms with Crippen LogP contribution >= 0.6 is 15.9 Å². The van der Waals surface area contributed by atoms with E-state index in [0.29, 0.717) is 22.6 Å². The molecule has 0 spiro atoms. The smallest absolute Gasteiger partial charge is 0.344 e. The Morgan fingerprint density at radius 2 is 1.91 bits per heavy atom. The standard InChI is InChI=1S/C16H16BrNO4/c1-9(2)15-14(10(3)18-22-15)16(20)21-8-13(19)11-4-6-12(17)7-5-11/h4-7,9H,8H2,1-3H3. The number of carbonyl (C=O) groups is 2. The van der Waals surface area contributed by atoms with Gasteiger partial charge >= 0.3 is 5.97 Å². The highest BCUT2D eigenvalue weighted by Crippen LogP contribution is 2.23. The molecule has 0 fully saturated rings. The summed E-state index contributed by atoms with van der Waals surface area (Å²) in [5, 5.41) is 3.79. The van der Waals surface area contributed by atoms with Crippen LogP contribution in [0.1, 0.15) is 51.9 Å². The molecule has 5 nitrogen and oxygen atoms in total. The molecular formula is C16H16BrNO4. The summed E-state index contributed by atoms with van der Waals surface area (Å²) in [6.45, 7) is 5.14. The predicted molar refractivity (Wildman–Crippen MR) is 84.1 cm³/mol. The maximum absolute atomic E-state index is 12.2. The van der Waals surface area contributed by atoms with E-state index in [9.17, 15) is 9.59 Å². The maximum atomic E-state index is 12.2. The number of hydrogen-bond acceptors (Lipinski definition) is 5. The van der Waals surface area contributed by atoms with Gasteiger partial charge < -0.3 is 9.26 Å². The fourth-order valence-electron chi connectivity index (χ4n) is 1.95. The van der Waals surface area contributed by atoms with Gasteiger partial charge in [-0.05, 0) is 19.1 Å². The number of Topliss-reactive ketones (excluding diaryl/α,β-unsaturated/α-hetero) is 1. The molecule has 1 heterocycles. The second-order valence-electron chi connectivity index (χ2n) is 5.17. The number of esters is 1. The lowest BCUT2D eigenvalue weighted by atomic mass is 10.1. The van der Waals surface area contributed by atoms with E-state index in [-0.39, 0.29) is 18.3 Å². The summed E-state index contributed by atoms with van der Waals surface area (Å²) < 4.78 is 11.1. The Balaban J connectivity index is 2.05. The second kappa shape index (κ2) is 6.87. The van der Waals surface area contributed by atoms with Gasteiger partial charge in [-0.25, -0.2) is 4.79 Å². The number of carbonyl (C=O) groups excluding carboxylic acids is 2. The lowest BCUT2D eigenvalue weighted by Gasteiger charge is -2.06. The molecule has 2 aromatic rings. The minimum absolute atomic E-state index is 0.00549. The van der Waals surface area contributed by atoms with Crippen LogP contribution in [-0.4, -0.2) is 23.5 Å². The van der Waals surface area contributed by atoms with Gasteiger partial charge in [-0.3, -0.25) is 4.79 Å². The van der Waals surface area contributed by atoms with E-state index in [2.05, 4.69) is 21.1 Å². The summed E-state index contributed by atoms with van der Waals surface area (Å²) >= 11 is 3.30. The van der Waals surface area contributed by atoms with E-state index in [4.69, 9.17) is 9.26 Å². The normalized spacial score (nSPS) is 10.8. The molecule has 0 saturated heterocycles. The SMILES string of the molecule is Cc1noc(C(C)C)c1C(=O)OCC(=O)c1ccc(Br)cc1. The van der Waals surface area contributed by atoms with Crippen LogP contribution < -0.4 is 0 Å². The number of rotatable bonds is 5. The zero-order valence-electron chi connectivity index (χ0n) is 12.6. The van der Waals surface area contributed by atoms with Crippen molar-refractivity contribution in [2.75, 3.05) is 6.61 Å². The molecule has 0 radical (unpaired) electrons. The summed E-state index contributed by atoms with van der Waals surface area (Å²) in [5.74, 6) is -0.376. The minimum atomic E-state index is -0.590. The van der Waals surface area contributed by atoms with Gasteiger partial charge in [0.05, 0.1) is 5.69 Å². The van der Waals surface area contributed by atoms with Gasteiger partial charge in [0.15, 0.2) is 18.2 Å². The first-order valence-corrected chi connectivity index (χ1v) is 7.61. The van der Waals surface area contributed by atoms with E-state index < -0.39 is 5.97 Å². The second-order valence-corrected chi connectivity index (χ2v) is 6.08. The van der Waals surface area contributed by atoms with E-state index in [0.717, 1.165) is 4.47 Å². The maximum Gasteiger partial charge on any atom is 0.344 e. The zero-order valence-corrected chi connectivity index (χ0v) is 14.1. The molecule has 0 aliphatic rings. The fraction of sp³-hybridized carbons (Fsp3) is 0.312. The first-order valence-electron chi connectivity index (χ1n) is 6.82. The monoisotopic (exact) mass is 365 g/mol. The highest BCUT2D eigenvalue weighted by molar-refractivity contribution is 9.10. The Morgan fingerprint density at radius 1 is 1.27 bits per heavy atom. The van der Waals surface area contributed by atoms with Crippen molar-refractivity contribution in [2.24, 2.45) is 0 Å². The molecular weight excluding hydrogens is 350 g/mol. The van der Waals surface area contributed by atoms with E-state index in [1.807, 2.05) is 13.8 Å². The number of aryl methyl sites for hydroxylation is 1. The van der Waals surface area contributed by atoms with Crippen molar-refractivity contribution in [3.8, 4) is 0 Å². The predicted octanol–water partition coefficient (Wildman–Crippen LogP) is 3.91. The third kappa shape index (κ3) is 3.62. The Labute approximate surface area is 136 Å². The van der Waals surface area contributed by atoms with E-state index in [1.54, 1.807) is 31.2 Å². The number of nitrogens with zero attached hydrogens (tertiary/aromatic N) is 1. The van der Waals surface area contributed by atoms with Crippen molar-refractivity contribution in [1.29, 1.82) is 0 Å².